The van der Waals surface area contributed by atoms with Gasteiger partial charge in [0.1, 0.15) is 0 Å². The van der Waals surface area contributed by atoms with E-state index in [0.29, 0.717) is 6.42 Å². The third-order valence-corrected chi connectivity index (χ3v) is 3.96. The maximum absolute atomic E-state index is 12.2. The fourth-order valence-electron chi connectivity index (χ4n) is 2.65. The standard InChI is InChI=1S/C19H25N3O2/c1-3-17(15-9-11-20-12-10-15)22-19(24)21-14(2)13-18(23)16-7-5-4-6-8-16/h4-12,14,17-18,23H,3,13H2,1-2H3,(H2,21,22,24). The molecular weight excluding hydrogens is 302 g/mol. The number of carbonyl (C=O) groups is 1. The number of benzene rings is 1. The van der Waals surface area contributed by atoms with E-state index in [2.05, 4.69) is 15.6 Å². The van der Waals surface area contributed by atoms with Crippen LogP contribution in [-0.2, 0) is 0 Å². The minimum Gasteiger partial charge on any atom is -0.388 e. The van der Waals surface area contributed by atoms with E-state index in [1.54, 1.807) is 12.4 Å². The molecule has 128 valence electrons. The smallest absolute Gasteiger partial charge is 0.315 e. The van der Waals surface area contributed by atoms with Crippen LogP contribution < -0.4 is 10.6 Å². The molecule has 0 radical (unpaired) electrons. The fourth-order valence-corrected chi connectivity index (χ4v) is 2.65. The number of nitrogens with zero attached hydrogens (tertiary/aromatic N) is 1. The number of carbonyl (C=O) groups excluding carboxylic acids is 1. The lowest BCUT2D eigenvalue weighted by molar-refractivity contribution is 0.154. The molecule has 0 bridgehead atoms. The highest BCUT2D eigenvalue weighted by Gasteiger charge is 2.17. The van der Waals surface area contributed by atoms with Gasteiger partial charge in [0.05, 0.1) is 12.1 Å². The summed E-state index contributed by atoms with van der Waals surface area (Å²) in [7, 11) is 0. The Labute approximate surface area is 143 Å². The van der Waals surface area contributed by atoms with Crippen LogP contribution >= 0.6 is 0 Å². The van der Waals surface area contributed by atoms with Crippen molar-refractivity contribution in [2.24, 2.45) is 0 Å². The number of hydrogen-bond acceptors (Lipinski definition) is 3. The Morgan fingerprint density at radius 3 is 2.38 bits per heavy atom. The van der Waals surface area contributed by atoms with Gasteiger partial charge in [-0.25, -0.2) is 4.79 Å². The number of aromatic nitrogens is 1. The number of rotatable bonds is 7. The van der Waals surface area contributed by atoms with Crippen molar-refractivity contribution in [2.75, 3.05) is 0 Å². The van der Waals surface area contributed by atoms with Crippen LogP contribution in [0.4, 0.5) is 4.79 Å². The van der Waals surface area contributed by atoms with Crippen molar-refractivity contribution in [2.45, 2.75) is 44.9 Å². The van der Waals surface area contributed by atoms with Crippen molar-refractivity contribution in [3.63, 3.8) is 0 Å². The van der Waals surface area contributed by atoms with Gasteiger partial charge in [0.2, 0.25) is 0 Å². The van der Waals surface area contributed by atoms with Crippen molar-refractivity contribution >= 4 is 6.03 Å². The Bertz CT molecular complexity index is 619. The van der Waals surface area contributed by atoms with Crippen molar-refractivity contribution < 1.29 is 9.90 Å². The molecule has 1 aromatic heterocycles. The van der Waals surface area contributed by atoms with E-state index in [1.807, 2.05) is 56.3 Å². The van der Waals surface area contributed by atoms with Gasteiger partial charge in [-0.05, 0) is 43.0 Å². The highest BCUT2D eigenvalue weighted by molar-refractivity contribution is 5.74. The molecule has 0 aliphatic carbocycles. The third kappa shape index (κ3) is 5.35. The van der Waals surface area contributed by atoms with Crippen LogP contribution in [0.25, 0.3) is 0 Å². The largest absolute Gasteiger partial charge is 0.388 e. The maximum Gasteiger partial charge on any atom is 0.315 e. The van der Waals surface area contributed by atoms with Crippen molar-refractivity contribution in [3.8, 4) is 0 Å². The summed E-state index contributed by atoms with van der Waals surface area (Å²) in [5.74, 6) is 0. The van der Waals surface area contributed by atoms with Crippen molar-refractivity contribution in [3.05, 3.63) is 66.0 Å². The number of aliphatic hydroxyl groups is 1. The molecule has 0 spiro atoms. The SMILES string of the molecule is CCC(NC(=O)NC(C)CC(O)c1ccccc1)c1ccncc1. The Hall–Kier alpha value is -2.40. The zero-order valence-corrected chi connectivity index (χ0v) is 14.1. The summed E-state index contributed by atoms with van der Waals surface area (Å²) < 4.78 is 0. The first-order valence-electron chi connectivity index (χ1n) is 8.30. The summed E-state index contributed by atoms with van der Waals surface area (Å²) in [6.07, 6.45) is 4.10. The lowest BCUT2D eigenvalue weighted by Crippen LogP contribution is -2.42. The van der Waals surface area contributed by atoms with Gasteiger partial charge in [0, 0.05) is 18.4 Å². The van der Waals surface area contributed by atoms with Gasteiger partial charge in [-0.3, -0.25) is 4.98 Å². The van der Waals surface area contributed by atoms with E-state index in [9.17, 15) is 9.90 Å². The Kier molecular flexibility index (Phi) is 6.75. The summed E-state index contributed by atoms with van der Waals surface area (Å²) in [5.41, 5.74) is 1.88. The monoisotopic (exact) mass is 327 g/mol. The first-order valence-corrected chi connectivity index (χ1v) is 8.30. The number of aliphatic hydroxyl groups excluding tert-OH is 1. The Morgan fingerprint density at radius 1 is 1.08 bits per heavy atom. The maximum atomic E-state index is 12.2. The minimum atomic E-state index is -0.594. The van der Waals surface area contributed by atoms with Crippen LogP contribution in [0, 0.1) is 0 Å². The number of urea groups is 1. The average Bonchev–Trinajstić information content (AvgIpc) is 2.61. The highest BCUT2D eigenvalue weighted by Crippen LogP contribution is 2.18. The molecule has 1 aromatic carbocycles. The van der Waals surface area contributed by atoms with Gasteiger partial charge in [0.15, 0.2) is 0 Å². The Balaban J connectivity index is 1.85. The molecule has 5 heteroatoms. The van der Waals surface area contributed by atoms with E-state index < -0.39 is 6.10 Å². The first kappa shape index (κ1) is 17.9. The van der Waals surface area contributed by atoms with Gasteiger partial charge in [0.25, 0.3) is 0 Å². The fraction of sp³-hybridized carbons (Fsp3) is 0.368. The number of nitrogens with one attached hydrogen (secondary N) is 2. The van der Waals surface area contributed by atoms with Crippen LogP contribution in [0.3, 0.4) is 0 Å². The molecule has 3 N–H and O–H groups in total. The molecule has 0 fully saturated rings. The molecule has 2 rings (SSSR count). The van der Waals surface area contributed by atoms with Crippen LogP contribution in [0.5, 0.6) is 0 Å². The molecule has 0 aliphatic heterocycles. The van der Waals surface area contributed by atoms with E-state index in [-0.39, 0.29) is 18.1 Å². The molecule has 0 saturated carbocycles. The van der Waals surface area contributed by atoms with E-state index in [0.717, 1.165) is 17.5 Å². The summed E-state index contributed by atoms with van der Waals surface area (Å²) in [6, 6.07) is 12.8. The first-order chi connectivity index (χ1) is 11.6. The van der Waals surface area contributed by atoms with E-state index in [1.165, 1.54) is 0 Å². The molecule has 2 amide bonds. The number of pyridine rings is 1. The third-order valence-electron chi connectivity index (χ3n) is 3.96. The second-order valence-electron chi connectivity index (χ2n) is 5.92. The second kappa shape index (κ2) is 9.03. The van der Waals surface area contributed by atoms with Gasteiger partial charge >= 0.3 is 6.03 Å². The average molecular weight is 327 g/mol. The Morgan fingerprint density at radius 2 is 1.75 bits per heavy atom. The predicted octanol–water partition coefficient (Wildman–Crippen LogP) is 3.34. The number of amides is 2. The topological polar surface area (TPSA) is 74.2 Å². The van der Waals surface area contributed by atoms with Crippen LogP contribution in [0.1, 0.15) is 50.0 Å². The zero-order valence-electron chi connectivity index (χ0n) is 14.1. The number of hydrogen-bond donors (Lipinski definition) is 3. The molecule has 0 saturated heterocycles. The molecule has 3 atom stereocenters. The van der Waals surface area contributed by atoms with E-state index >= 15 is 0 Å². The summed E-state index contributed by atoms with van der Waals surface area (Å²) in [5, 5.41) is 16.1. The molecule has 24 heavy (non-hydrogen) atoms. The van der Waals surface area contributed by atoms with Crippen molar-refractivity contribution in [1.82, 2.24) is 15.6 Å². The minimum absolute atomic E-state index is 0.0563. The molecule has 1 heterocycles. The normalized spacial score (nSPS) is 14.5. The predicted molar refractivity (Wildman–Crippen MR) is 94.4 cm³/mol. The quantitative estimate of drug-likeness (QED) is 0.730. The highest BCUT2D eigenvalue weighted by atomic mass is 16.3. The second-order valence-corrected chi connectivity index (χ2v) is 5.92. The summed E-state index contributed by atoms with van der Waals surface area (Å²) in [4.78, 5) is 16.2. The molecule has 3 unspecified atom stereocenters. The van der Waals surface area contributed by atoms with Gasteiger partial charge in [-0.2, -0.15) is 0 Å². The molecule has 2 aromatic rings. The van der Waals surface area contributed by atoms with Crippen LogP contribution in [-0.4, -0.2) is 22.2 Å². The molecule has 5 nitrogen and oxygen atoms in total. The van der Waals surface area contributed by atoms with Crippen LogP contribution in [0.2, 0.25) is 0 Å². The van der Waals surface area contributed by atoms with Crippen molar-refractivity contribution in [1.29, 1.82) is 0 Å². The van der Waals surface area contributed by atoms with E-state index in [4.69, 9.17) is 0 Å². The van der Waals surface area contributed by atoms with Gasteiger partial charge in [-0.15, -0.1) is 0 Å². The summed E-state index contributed by atoms with van der Waals surface area (Å²) >= 11 is 0. The molecular formula is C19H25N3O2. The molecule has 0 aliphatic rings. The zero-order chi connectivity index (χ0) is 17.4. The van der Waals surface area contributed by atoms with Gasteiger partial charge in [-0.1, -0.05) is 37.3 Å². The van der Waals surface area contributed by atoms with Gasteiger partial charge < -0.3 is 15.7 Å². The lowest BCUT2D eigenvalue weighted by Gasteiger charge is -2.22. The lowest BCUT2D eigenvalue weighted by atomic mass is 10.0. The van der Waals surface area contributed by atoms with Crippen LogP contribution in [0.15, 0.2) is 54.9 Å². The summed E-state index contributed by atoms with van der Waals surface area (Å²) in [6.45, 7) is 3.91.